The SMILES string of the molecule is NN=Cc1cccc(-n2nc(C(F)(F)F)cc2C(=O)Nc2ccc(-c3cccc4c3S(=O)(=O)CC4)cc2)c1. The summed E-state index contributed by atoms with van der Waals surface area (Å²) < 4.78 is 66.3. The number of fused-ring (bicyclic) bond motifs is 1. The highest BCUT2D eigenvalue weighted by atomic mass is 32.2. The van der Waals surface area contributed by atoms with Gasteiger partial charge in [0, 0.05) is 17.3 Å². The average Bonchev–Trinajstić information content (AvgIpc) is 3.47. The van der Waals surface area contributed by atoms with Crippen molar-refractivity contribution in [2.24, 2.45) is 10.9 Å². The largest absolute Gasteiger partial charge is 0.435 e. The summed E-state index contributed by atoms with van der Waals surface area (Å²) in [5.74, 6) is 4.41. The number of hydrogen-bond donors (Lipinski definition) is 2. The lowest BCUT2D eigenvalue weighted by atomic mass is 10.0. The van der Waals surface area contributed by atoms with Crippen LogP contribution in [-0.4, -0.2) is 36.1 Å². The Morgan fingerprint density at radius 3 is 2.50 bits per heavy atom. The maximum atomic E-state index is 13.5. The average molecular weight is 540 g/mol. The Morgan fingerprint density at radius 2 is 1.79 bits per heavy atom. The van der Waals surface area contributed by atoms with Crippen LogP contribution in [0.2, 0.25) is 0 Å². The van der Waals surface area contributed by atoms with Crippen LogP contribution in [0.3, 0.4) is 0 Å². The number of sulfone groups is 1. The minimum atomic E-state index is -4.77. The van der Waals surface area contributed by atoms with Crippen molar-refractivity contribution < 1.29 is 26.4 Å². The molecule has 0 aliphatic carbocycles. The topological polar surface area (TPSA) is 119 Å². The van der Waals surface area contributed by atoms with Crippen molar-refractivity contribution in [1.29, 1.82) is 0 Å². The number of aromatic nitrogens is 2. The zero-order chi connectivity index (χ0) is 27.1. The fourth-order valence-corrected chi connectivity index (χ4v) is 6.14. The summed E-state index contributed by atoms with van der Waals surface area (Å²) in [6.07, 6.45) is -3.00. The lowest BCUT2D eigenvalue weighted by molar-refractivity contribution is -0.141. The molecule has 0 fully saturated rings. The molecule has 0 radical (unpaired) electrons. The third kappa shape index (κ3) is 4.77. The first-order valence-corrected chi connectivity index (χ1v) is 13.0. The Hall–Kier alpha value is -4.45. The molecule has 1 aliphatic heterocycles. The number of anilines is 1. The van der Waals surface area contributed by atoms with Crippen molar-refractivity contribution in [2.75, 3.05) is 11.1 Å². The smallest absolute Gasteiger partial charge is 0.323 e. The lowest BCUT2D eigenvalue weighted by Gasteiger charge is -2.11. The zero-order valence-corrected chi connectivity index (χ0v) is 20.4. The number of halogens is 3. The van der Waals surface area contributed by atoms with Crippen LogP contribution in [0.15, 0.2) is 82.8 Å². The first kappa shape index (κ1) is 25.2. The van der Waals surface area contributed by atoms with Gasteiger partial charge in [-0.25, -0.2) is 13.1 Å². The van der Waals surface area contributed by atoms with Crippen LogP contribution in [0, 0.1) is 0 Å². The third-order valence-corrected chi connectivity index (χ3v) is 7.92. The maximum absolute atomic E-state index is 13.5. The summed E-state index contributed by atoms with van der Waals surface area (Å²) >= 11 is 0. The lowest BCUT2D eigenvalue weighted by Crippen LogP contribution is -2.17. The molecule has 1 aromatic heterocycles. The van der Waals surface area contributed by atoms with E-state index >= 15 is 0 Å². The van der Waals surface area contributed by atoms with E-state index in [2.05, 4.69) is 15.5 Å². The minimum absolute atomic E-state index is 0.0585. The van der Waals surface area contributed by atoms with Gasteiger partial charge in [-0.1, -0.05) is 42.5 Å². The van der Waals surface area contributed by atoms with Crippen LogP contribution in [0.5, 0.6) is 0 Å². The number of alkyl halides is 3. The molecule has 0 atom stereocenters. The van der Waals surface area contributed by atoms with Crippen molar-refractivity contribution in [3.05, 3.63) is 95.3 Å². The summed E-state index contributed by atoms with van der Waals surface area (Å²) in [5.41, 5.74) is 1.41. The maximum Gasteiger partial charge on any atom is 0.435 e. The zero-order valence-electron chi connectivity index (χ0n) is 19.6. The van der Waals surface area contributed by atoms with Crippen LogP contribution in [0.25, 0.3) is 16.8 Å². The van der Waals surface area contributed by atoms with Crippen LogP contribution in [0.1, 0.15) is 27.3 Å². The van der Waals surface area contributed by atoms with Crippen molar-refractivity contribution in [2.45, 2.75) is 17.5 Å². The number of carbonyl (C=O) groups excluding carboxylic acids is 1. The van der Waals surface area contributed by atoms with E-state index in [0.29, 0.717) is 39.8 Å². The molecule has 1 aliphatic rings. The number of rotatable bonds is 5. The number of aryl methyl sites for hydroxylation is 1. The van der Waals surface area contributed by atoms with E-state index in [1.54, 1.807) is 54.6 Å². The third-order valence-electron chi connectivity index (χ3n) is 6.07. The number of amides is 1. The van der Waals surface area contributed by atoms with Gasteiger partial charge in [0.15, 0.2) is 15.5 Å². The van der Waals surface area contributed by atoms with Gasteiger partial charge in [-0.15, -0.1) is 0 Å². The minimum Gasteiger partial charge on any atom is -0.323 e. The van der Waals surface area contributed by atoms with E-state index in [1.807, 2.05) is 0 Å². The number of nitrogens with zero attached hydrogens (tertiary/aromatic N) is 3. The summed E-state index contributed by atoms with van der Waals surface area (Å²) in [7, 11) is -3.38. The van der Waals surface area contributed by atoms with Gasteiger partial charge >= 0.3 is 6.18 Å². The number of benzene rings is 3. The Bertz CT molecular complexity index is 1680. The van der Waals surface area contributed by atoms with Crippen molar-refractivity contribution in [3.8, 4) is 16.8 Å². The monoisotopic (exact) mass is 539 g/mol. The first-order chi connectivity index (χ1) is 18.1. The number of nitrogens with two attached hydrogens (primary N) is 1. The highest BCUT2D eigenvalue weighted by Crippen LogP contribution is 2.36. The summed E-state index contributed by atoms with van der Waals surface area (Å²) in [6.45, 7) is 0. The number of carbonyl (C=O) groups is 1. The van der Waals surface area contributed by atoms with E-state index in [9.17, 15) is 26.4 Å². The van der Waals surface area contributed by atoms with Gasteiger partial charge < -0.3 is 11.2 Å². The normalized spacial score (nSPS) is 14.5. The van der Waals surface area contributed by atoms with E-state index < -0.39 is 27.6 Å². The number of hydrogen-bond acceptors (Lipinski definition) is 6. The Balaban J connectivity index is 1.46. The highest BCUT2D eigenvalue weighted by Gasteiger charge is 2.36. The molecule has 8 nitrogen and oxygen atoms in total. The van der Waals surface area contributed by atoms with Crippen LogP contribution >= 0.6 is 0 Å². The predicted molar refractivity (Wildman–Crippen MR) is 136 cm³/mol. The quantitative estimate of drug-likeness (QED) is 0.221. The van der Waals surface area contributed by atoms with Gasteiger partial charge in [0.2, 0.25) is 0 Å². The van der Waals surface area contributed by atoms with Gasteiger partial charge in [-0.05, 0) is 47.4 Å². The standard InChI is InChI=1S/C26H20F3N5O3S/c27-26(28,29)23-14-22(34(33-23)20-5-1-3-16(13-20)15-31-30)25(35)32-19-9-7-17(8-10-19)21-6-2-4-18-11-12-38(36,37)24(18)21/h1-10,13-15H,11-12,30H2,(H,32,35). The molecule has 3 N–H and O–H groups in total. The van der Waals surface area contributed by atoms with Crippen molar-refractivity contribution in [3.63, 3.8) is 0 Å². The second kappa shape index (κ2) is 9.45. The fraction of sp³-hybridized carbons (Fsp3) is 0.115. The second-order valence-corrected chi connectivity index (χ2v) is 10.6. The molecular weight excluding hydrogens is 519 g/mol. The van der Waals surface area contributed by atoms with Crippen LogP contribution < -0.4 is 11.2 Å². The molecule has 0 saturated heterocycles. The Morgan fingerprint density at radius 1 is 1.05 bits per heavy atom. The molecule has 0 bridgehead atoms. The molecule has 12 heteroatoms. The molecule has 0 unspecified atom stereocenters. The molecule has 3 aromatic carbocycles. The molecular formula is C26H20F3N5O3S. The van der Waals surface area contributed by atoms with Gasteiger partial charge in [-0.3, -0.25) is 4.79 Å². The molecule has 5 rings (SSSR count). The van der Waals surface area contributed by atoms with Gasteiger partial charge in [-0.2, -0.15) is 23.4 Å². The fourth-order valence-electron chi connectivity index (χ4n) is 4.35. The number of hydrazone groups is 1. The van der Waals surface area contributed by atoms with Crippen LogP contribution in [0.4, 0.5) is 18.9 Å². The first-order valence-electron chi connectivity index (χ1n) is 11.3. The van der Waals surface area contributed by atoms with Gasteiger partial charge in [0.05, 0.1) is 22.6 Å². The molecule has 4 aromatic rings. The van der Waals surface area contributed by atoms with E-state index in [1.165, 1.54) is 18.3 Å². The molecule has 2 heterocycles. The highest BCUT2D eigenvalue weighted by molar-refractivity contribution is 7.91. The van der Waals surface area contributed by atoms with Crippen molar-refractivity contribution >= 4 is 27.6 Å². The summed E-state index contributed by atoms with van der Waals surface area (Å²) in [6, 6.07) is 18.6. The predicted octanol–water partition coefficient (Wildman–Crippen LogP) is 4.43. The number of nitrogens with one attached hydrogen (secondary N) is 1. The van der Waals surface area contributed by atoms with E-state index in [4.69, 9.17) is 5.84 Å². The van der Waals surface area contributed by atoms with Gasteiger partial charge in [0.25, 0.3) is 5.91 Å². The molecule has 38 heavy (non-hydrogen) atoms. The molecule has 0 saturated carbocycles. The molecule has 194 valence electrons. The summed E-state index contributed by atoms with van der Waals surface area (Å²) in [5, 5.41) is 9.61. The Labute approximate surface area is 215 Å². The van der Waals surface area contributed by atoms with Gasteiger partial charge in [0.1, 0.15) is 5.69 Å². The van der Waals surface area contributed by atoms with Crippen LogP contribution in [-0.2, 0) is 22.4 Å². The Kier molecular flexibility index (Phi) is 6.27. The summed E-state index contributed by atoms with van der Waals surface area (Å²) in [4.78, 5) is 13.4. The second-order valence-electron chi connectivity index (χ2n) is 8.59. The van der Waals surface area contributed by atoms with E-state index in [0.717, 1.165) is 10.2 Å². The van der Waals surface area contributed by atoms with E-state index in [-0.39, 0.29) is 17.1 Å². The molecule has 1 amide bonds. The van der Waals surface area contributed by atoms with Crippen molar-refractivity contribution in [1.82, 2.24) is 9.78 Å². The molecule has 0 spiro atoms.